The van der Waals surface area contributed by atoms with E-state index >= 15 is 0 Å². The van der Waals surface area contributed by atoms with Crippen LogP contribution in [0.5, 0.6) is 0 Å². The average molecular weight is 277 g/mol. The molecule has 20 heavy (non-hydrogen) atoms. The molecule has 1 amide bonds. The first-order valence-electron chi connectivity index (χ1n) is 7.18. The molecule has 0 spiro atoms. The molecule has 108 valence electrons. The number of rotatable bonds is 3. The maximum atomic E-state index is 12.5. The molecule has 1 saturated heterocycles. The van der Waals surface area contributed by atoms with Crippen molar-refractivity contribution in [2.24, 2.45) is 5.92 Å². The van der Waals surface area contributed by atoms with Crippen molar-refractivity contribution in [1.82, 2.24) is 14.7 Å². The normalized spacial score (nSPS) is 29.2. The summed E-state index contributed by atoms with van der Waals surface area (Å²) in [7, 11) is 0. The van der Waals surface area contributed by atoms with Gasteiger partial charge in [-0.3, -0.25) is 9.48 Å². The highest BCUT2D eigenvalue weighted by molar-refractivity contribution is 5.84. The summed E-state index contributed by atoms with van der Waals surface area (Å²) in [6, 6.07) is 1.20. The predicted molar refractivity (Wildman–Crippen MR) is 70.9 cm³/mol. The molecule has 2 aliphatic rings. The number of aromatic nitrogens is 2. The standard InChI is InChI=1S/C14H19N3O3/c18-13(9-16-7-3-6-15-16)17-11-5-2-1-4-10(11)8-12(17)14(19)20/h3,6-7,10-12H,1-2,4-5,8-9H2,(H,19,20)/t10-,11+,12+/m1/s1. The fourth-order valence-electron chi connectivity index (χ4n) is 3.65. The molecule has 2 fully saturated rings. The second kappa shape index (κ2) is 5.26. The molecule has 2 heterocycles. The minimum Gasteiger partial charge on any atom is -0.480 e. The molecule has 6 heteroatoms. The summed E-state index contributed by atoms with van der Waals surface area (Å²) in [5.41, 5.74) is 0. The molecule has 1 N–H and O–H groups in total. The third kappa shape index (κ3) is 2.30. The minimum atomic E-state index is -0.881. The van der Waals surface area contributed by atoms with E-state index in [9.17, 15) is 14.7 Å². The van der Waals surface area contributed by atoms with Crippen molar-refractivity contribution in [3.63, 3.8) is 0 Å². The molecule has 6 nitrogen and oxygen atoms in total. The van der Waals surface area contributed by atoms with Gasteiger partial charge in [-0.05, 0) is 31.2 Å². The predicted octanol–water partition coefficient (Wildman–Crippen LogP) is 1.13. The van der Waals surface area contributed by atoms with E-state index < -0.39 is 12.0 Å². The maximum absolute atomic E-state index is 12.5. The van der Waals surface area contributed by atoms with E-state index in [2.05, 4.69) is 5.10 Å². The zero-order valence-corrected chi connectivity index (χ0v) is 11.3. The Morgan fingerprint density at radius 2 is 2.10 bits per heavy atom. The number of carbonyl (C=O) groups is 2. The van der Waals surface area contributed by atoms with Crippen LogP contribution in [0.2, 0.25) is 0 Å². The molecule has 0 aromatic carbocycles. The van der Waals surface area contributed by atoms with E-state index in [0.29, 0.717) is 12.3 Å². The van der Waals surface area contributed by atoms with Crippen molar-refractivity contribution >= 4 is 11.9 Å². The molecule has 0 unspecified atom stereocenters. The van der Waals surface area contributed by atoms with E-state index in [1.54, 1.807) is 28.0 Å². The Labute approximate surface area is 117 Å². The Kier molecular flexibility index (Phi) is 3.46. The van der Waals surface area contributed by atoms with Gasteiger partial charge >= 0.3 is 5.97 Å². The van der Waals surface area contributed by atoms with Crippen LogP contribution in [0, 0.1) is 5.92 Å². The molecular formula is C14H19N3O3. The van der Waals surface area contributed by atoms with Crippen LogP contribution < -0.4 is 0 Å². The molecule has 1 aliphatic heterocycles. The maximum Gasteiger partial charge on any atom is 0.326 e. The molecular weight excluding hydrogens is 258 g/mol. The monoisotopic (exact) mass is 277 g/mol. The quantitative estimate of drug-likeness (QED) is 0.898. The van der Waals surface area contributed by atoms with E-state index in [4.69, 9.17) is 0 Å². The molecule has 0 radical (unpaired) electrons. The summed E-state index contributed by atoms with van der Waals surface area (Å²) in [5, 5.41) is 13.4. The van der Waals surface area contributed by atoms with Crippen molar-refractivity contribution in [3.05, 3.63) is 18.5 Å². The SMILES string of the molecule is O=C(O)[C@@H]1C[C@H]2CCCC[C@@H]2N1C(=O)Cn1cccn1. The van der Waals surface area contributed by atoms with Gasteiger partial charge in [0.2, 0.25) is 5.91 Å². The van der Waals surface area contributed by atoms with Gasteiger partial charge < -0.3 is 10.0 Å². The van der Waals surface area contributed by atoms with Gasteiger partial charge in [0, 0.05) is 18.4 Å². The number of amides is 1. The van der Waals surface area contributed by atoms with Crippen molar-refractivity contribution in [1.29, 1.82) is 0 Å². The zero-order chi connectivity index (χ0) is 14.1. The van der Waals surface area contributed by atoms with Gasteiger partial charge in [-0.2, -0.15) is 5.10 Å². The summed E-state index contributed by atoms with van der Waals surface area (Å²) >= 11 is 0. The Morgan fingerprint density at radius 1 is 1.30 bits per heavy atom. The van der Waals surface area contributed by atoms with Crippen molar-refractivity contribution in [2.75, 3.05) is 0 Å². The number of hydrogen-bond donors (Lipinski definition) is 1. The fraction of sp³-hybridized carbons (Fsp3) is 0.643. The fourth-order valence-corrected chi connectivity index (χ4v) is 3.65. The highest BCUT2D eigenvalue weighted by Gasteiger charge is 2.47. The molecule has 0 bridgehead atoms. The van der Waals surface area contributed by atoms with Crippen LogP contribution in [0.4, 0.5) is 0 Å². The van der Waals surface area contributed by atoms with Gasteiger partial charge in [0.05, 0.1) is 0 Å². The lowest BCUT2D eigenvalue weighted by Gasteiger charge is -2.33. The first-order chi connectivity index (χ1) is 9.66. The highest BCUT2D eigenvalue weighted by atomic mass is 16.4. The van der Waals surface area contributed by atoms with E-state index in [1.165, 1.54) is 0 Å². The lowest BCUT2D eigenvalue weighted by atomic mass is 9.85. The van der Waals surface area contributed by atoms with Gasteiger partial charge in [-0.25, -0.2) is 4.79 Å². The Morgan fingerprint density at radius 3 is 2.80 bits per heavy atom. The van der Waals surface area contributed by atoms with Crippen molar-refractivity contribution in [2.45, 2.75) is 50.7 Å². The number of aliphatic carboxylic acids is 1. The third-order valence-corrected chi connectivity index (χ3v) is 4.52. The van der Waals surface area contributed by atoms with Gasteiger partial charge in [-0.15, -0.1) is 0 Å². The molecule has 1 aliphatic carbocycles. The Bertz CT molecular complexity index is 500. The van der Waals surface area contributed by atoms with Crippen LogP contribution in [-0.4, -0.2) is 43.7 Å². The largest absolute Gasteiger partial charge is 0.480 e. The summed E-state index contributed by atoms with van der Waals surface area (Å²) < 4.78 is 1.55. The lowest BCUT2D eigenvalue weighted by Crippen LogP contribution is -2.47. The van der Waals surface area contributed by atoms with Gasteiger partial charge in [-0.1, -0.05) is 12.8 Å². The number of carbonyl (C=O) groups excluding carboxylic acids is 1. The number of likely N-dealkylation sites (tertiary alicyclic amines) is 1. The summed E-state index contributed by atoms with van der Waals surface area (Å²) in [6.45, 7) is 0.125. The molecule has 3 rings (SSSR count). The number of carboxylic acid groups (broad SMARTS) is 1. The third-order valence-electron chi connectivity index (χ3n) is 4.52. The number of nitrogens with zero attached hydrogens (tertiary/aromatic N) is 3. The van der Waals surface area contributed by atoms with Crippen LogP contribution in [0.1, 0.15) is 32.1 Å². The smallest absolute Gasteiger partial charge is 0.326 e. The van der Waals surface area contributed by atoms with Crippen LogP contribution in [-0.2, 0) is 16.1 Å². The van der Waals surface area contributed by atoms with Crippen LogP contribution in [0.25, 0.3) is 0 Å². The minimum absolute atomic E-state index is 0.105. The van der Waals surface area contributed by atoms with Crippen LogP contribution in [0.3, 0.4) is 0 Å². The molecule has 1 aromatic heterocycles. The van der Waals surface area contributed by atoms with E-state index in [-0.39, 0.29) is 18.5 Å². The van der Waals surface area contributed by atoms with Gasteiger partial charge in [0.25, 0.3) is 0 Å². The first kappa shape index (κ1) is 13.1. The molecule has 1 aromatic rings. The highest BCUT2D eigenvalue weighted by Crippen LogP contribution is 2.39. The number of carboxylic acids is 1. The molecule has 1 saturated carbocycles. The summed E-state index contributed by atoms with van der Waals surface area (Å²) in [6.07, 6.45) is 8.15. The number of fused-ring (bicyclic) bond motifs is 1. The van der Waals surface area contributed by atoms with Crippen LogP contribution >= 0.6 is 0 Å². The van der Waals surface area contributed by atoms with E-state index in [1.807, 2.05) is 0 Å². The average Bonchev–Trinajstić information content (AvgIpc) is 3.04. The first-order valence-corrected chi connectivity index (χ1v) is 7.18. The topological polar surface area (TPSA) is 75.4 Å². The summed E-state index contributed by atoms with van der Waals surface area (Å²) in [4.78, 5) is 25.5. The Hall–Kier alpha value is -1.85. The van der Waals surface area contributed by atoms with E-state index in [0.717, 1.165) is 25.7 Å². The van der Waals surface area contributed by atoms with Gasteiger partial charge in [0.15, 0.2) is 0 Å². The number of hydrogen-bond acceptors (Lipinski definition) is 3. The van der Waals surface area contributed by atoms with Crippen molar-refractivity contribution < 1.29 is 14.7 Å². The second-order valence-corrected chi connectivity index (χ2v) is 5.71. The zero-order valence-electron chi connectivity index (χ0n) is 11.3. The Balaban J connectivity index is 1.79. The second-order valence-electron chi connectivity index (χ2n) is 5.71. The van der Waals surface area contributed by atoms with Crippen molar-refractivity contribution in [3.8, 4) is 0 Å². The lowest BCUT2D eigenvalue weighted by molar-refractivity contribution is -0.150. The van der Waals surface area contributed by atoms with Gasteiger partial charge in [0.1, 0.15) is 12.6 Å². The van der Waals surface area contributed by atoms with Crippen LogP contribution in [0.15, 0.2) is 18.5 Å². The summed E-state index contributed by atoms with van der Waals surface area (Å²) in [5.74, 6) is -0.657. The molecule has 3 atom stereocenters.